The summed E-state index contributed by atoms with van der Waals surface area (Å²) in [5.41, 5.74) is 1.36. The first-order valence-corrected chi connectivity index (χ1v) is 9.54. The lowest BCUT2D eigenvalue weighted by molar-refractivity contribution is -0.136. The third kappa shape index (κ3) is 5.53. The van der Waals surface area contributed by atoms with E-state index in [9.17, 15) is 4.79 Å². The van der Waals surface area contributed by atoms with Crippen LogP contribution in [0.25, 0.3) is 0 Å². The van der Waals surface area contributed by atoms with Crippen LogP contribution in [0.15, 0.2) is 30.3 Å². The van der Waals surface area contributed by atoms with Crippen LogP contribution in [0.2, 0.25) is 0 Å². The van der Waals surface area contributed by atoms with E-state index in [0.29, 0.717) is 5.91 Å². The topological polar surface area (TPSA) is 36.0 Å². The van der Waals surface area contributed by atoms with E-state index in [4.69, 9.17) is 4.74 Å². The Morgan fingerprint density at radius 1 is 1.08 bits per heavy atom. The standard InChI is InChI=1S/C20H31N3O2/c1-21(11-12-22-13-15-25-16-14-22)20(24)19-7-9-23(10-8-19)17-18-5-3-2-4-6-18/h2-6,19H,7-17H2,1H3. The third-order valence-electron chi connectivity index (χ3n) is 5.42. The van der Waals surface area contributed by atoms with Gasteiger partial charge in [0, 0.05) is 45.7 Å². The average Bonchev–Trinajstić information content (AvgIpc) is 2.68. The number of likely N-dealkylation sites (tertiary alicyclic amines) is 1. The number of likely N-dealkylation sites (N-methyl/N-ethyl adjacent to an activating group) is 1. The first-order valence-electron chi connectivity index (χ1n) is 9.54. The summed E-state index contributed by atoms with van der Waals surface area (Å²) in [7, 11) is 1.96. The number of amides is 1. The van der Waals surface area contributed by atoms with Crippen LogP contribution in [0.4, 0.5) is 0 Å². The Balaban J connectivity index is 1.38. The molecule has 5 nitrogen and oxygen atoms in total. The molecule has 25 heavy (non-hydrogen) atoms. The Morgan fingerprint density at radius 3 is 2.44 bits per heavy atom. The second-order valence-electron chi connectivity index (χ2n) is 7.25. The molecule has 5 heteroatoms. The van der Waals surface area contributed by atoms with Gasteiger partial charge in [0.25, 0.3) is 0 Å². The molecule has 3 rings (SSSR count). The number of piperidine rings is 1. The lowest BCUT2D eigenvalue weighted by atomic mass is 9.95. The zero-order valence-corrected chi connectivity index (χ0v) is 15.4. The third-order valence-corrected chi connectivity index (χ3v) is 5.42. The molecule has 2 heterocycles. The lowest BCUT2D eigenvalue weighted by Crippen LogP contribution is -2.45. The van der Waals surface area contributed by atoms with E-state index in [2.05, 4.69) is 40.1 Å². The van der Waals surface area contributed by atoms with E-state index in [1.807, 2.05) is 11.9 Å². The molecule has 2 saturated heterocycles. The van der Waals surface area contributed by atoms with Crippen molar-refractivity contribution in [3.05, 3.63) is 35.9 Å². The summed E-state index contributed by atoms with van der Waals surface area (Å²) in [5, 5.41) is 0. The average molecular weight is 345 g/mol. The van der Waals surface area contributed by atoms with Crippen LogP contribution in [0.1, 0.15) is 18.4 Å². The number of morpholine rings is 1. The van der Waals surface area contributed by atoms with E-state index in [-0.39, 0.29) is 5.92 Å². The number of rotatable bonds is 6. The minimum Gasteiger partial charge on any atom is -0.379 e. The summed E-state index contributed by atoms with van der Waals surface area (Å²) in [6, 6.07) is 10.6. The first-order chi connectivity index (χ1) is 12.2. The van der Waals surface area contributed by atoms with Gasteiger partial charge in [-0.2, -0.15) is 0 Å². The highest BCUT2D eigenvalue weighted by molar-refractivity contribution is 5.78. The van der Waals surface area contributed by atoms with Crippen molar-refractivity contribution in [1.29, 1.82) is 0 Å². The van der Waals surface area contributed by atoms with Gasteiger partial charge in [-0.05, 0) is 31.5 Å². The van der Waals surface area contributed by atoms with Crippen LogP contribution in [-0.2, 0) is 16.1 Å². The van der Waals surface area contributed by atoms with Gasteiger partial charge in [-0.15, -0.1) is 0 Å². The predicted octanol–water partition coefficient (Wildman–Crippen LogP) is 1.69. The first kappa shape index (κ1) is 18.4. The van der Waals surface area contributed by atoms with Crippen LogP contribution < -0.4 is 0 Å². The minimum absolute atomic E-state index is 0.196. The number of nitrogens with zero attached hydrogens (tertiary/aromatic N) is 3. The second-order valence-corrected chi connectivity index (χ2v) is 7.25. The highest BCUT2D eigenvalue weighted by Gasteiger charge is 2.27. The molecule has 1 amide bonds. The number of carbonyl (C=O) groups is 1. The summed E-state index contributed by atoms with van der Waals surface area (Å²) in [6.07, 6.45) is 1.96. The van der Waals surface area contributed by atoms with Gasteiger partial charge in [0.15, 0.2) is 0 Å². The molecule has 0 radical (unpaired) electrons. The Morgan fingerprint density at radius 2 is 1.76 bits per heavy atom. The van der Waals surface area contributed by atoms with Crippen molar-refractivity contribution in [3.8, 4) is 0 Å². The van der Waals surface area contributed by atoms with Crippen LogP contribution in [0, 0.1) is 5.92 Å². The van der Waals surface area contributed by atoms with Crippen molar-refractivity contribution in [2.24, 2.45) is 5.92 Å². The van der Waals surface area contributed by atoms with E-state index < -0.39 is 0 Å². The summed E-state index contributed by atoms with van der Waals surface area (Å²) in [5.74, 6) is 0.523. The molecule has 0 N–H and O–H groups in total. The molecule has 1 aromatic rings. The second kappa shape index (κ2) is 9.32. The fraction of sp³-hybridized carbons (Fsp3) is 0.650. The van der Waals surface area contributed by atoms with Crippen molar-refractivity contribution in [2.45, 2.75) is 19.4 Å². The molecule has 0 bridgehead atoms. The number of hydrogen-bond donors (Lipinski definition) is 0. The molecule has 2 aliphatic rings. The van der Waals surface area contributed by atoms with E-state index in [0.717, 1.165) is 71.9 Å². The van der Waals surface area contributed by atoms with Gasteiger partial charge in [0.05, 0.1) is 13.2 Å². The van der Waals surface area contributed by atoms with Crippen LogP contribution in [0.3, 0.4) is 0 Å². The highest BCUT2D eigenvalue weighted by atomic mass is 16.5. The van der Waals surface area contributed by atoms with E-state index in [1.165, 1.54) is 5.56 Å². The van der Waals surface area contributed by atoms with E-state index in [1.54, 1.807) is 0 Å². The van der Waals surface area contributed by atoms with Crippen LogP contribution in [0.5, 0.6) is 0 Å². The smallest absolute Gasteiger partial charge is 0.225 e. The van der Waals surface area contributed by atoms with Gasteiger partial charge in [-0.1, -0.05) is 30.3 Å². The lowest BCUT2D eigenvalue weighted by Gasteiger charge is -2.34. The quantitative estimate of drug-likeness (QED) is 0.786. The van der Waals surface area contributed by atoms with Crippen molar-refractivity contribution >= 4 is 5.91 Å². The Labute approximate surface area is 151 Å². The zero-order chi connectivity index (χ0) is 17.5. The van der Waals surface area contributed by atoms with Crippen molar-refractivity contribution in [1.82, 2.24) is 14.7 Å². The van der Waals surface area contributed by atoms with Crippen molar-refractivity contribution < 1.29 is 9.53 Å². The monoisotopic (exact) mass is 345 g/mol. The zero-order valence-electron chi connectivity index (χ0n) is 15.4. The van der Waals surface area contributed by atoms with Gasteiger partial charge in [-0.3, -0.25) is 14.6 Å². The van der Waals surface area contributed by atoms with Gasteiger partial charge < -0.3 is 9.64 Å². The number of ether oxygens (including phenoxy) is 1. The molecular weight excluding hydrogens is 314 g/mol. The van der Waals surface area contributed by atoms with Gasteiger partial charge in [0.1, 0.15) is 0 Å². The molecule has 1 aromatic carbocycles. The molecule has 2 aliphatic heterocycles. The number of benzene rings is 1. The highest BCUT2D eigenvalue weighted by Crippen LogP contribution is 2.20. The molecule has 0 aliphatic carbocycles. The molecule has 0 spiro atoms. The fourth-order valence-electron chi connectivity index (χ4n) is 3.72. The SMILES string of the molecule is CN(CCN1CCOCC1)C(=O)C1CCN(Cc2ccccc2)CC1. The summed E-state index contributed by atoms with van der Waals surface area (Å²) >= 11 is 0. The van der Waals surface area contributed by atoms with Gasteiger partial charge >= 0.3 is 0 Å². The number of carbonyl (C=O) groups excluding carboxylic acids is 1. The maximum Gasteiger partial charge on any atom is 0.225 e. The molecule has 0 unspecified atom stereocenters. The number of hydrogen-bond acceptors (Lipinski definition) is 4. The van der Waals surface area contributed by atoms with Crippen molar-refractivity contribution in [3.63, 3.8) is 0 Å². The molecule has 0 atom stereocenters. The van der Waals surface area contributed by atoms with Crippen LogP contribution >= 0.6 is 0 Å². The molecule has 0 saturated carbocycles. The summed E-state index contributed by atoms with van der Waals surface area (Å²) in [4.78, 5) is 19.5. The normalized spacial score (nSPS) is 20.5. The van der Waals surface area contributed by atoms with Crippen LogP contribution in [-0.4, -0.2) is 80.1 Å². The largest absolute Gasteiger partial charge is 0.379 e. The maximum atomic E-state index is 12.7. The van der Waals surface area contributed by atoms with Gasteiger partial charge in [-0.25, -0.2) is 0 Å². The van der Waals surface area contributed by atoms with Gasteiger partial charge in [0.2, 0.25) is 5.91 Å². The minimum atomic E-state index is 0.196. The Hall–Kier alpha value is -1.43. The molecular formula is C20H31N3O2. The van der Waals surface area contributed by atoms with Crippen molar-refractivity contribution in [2.75, 3.05) is 59.5 Å². The maximum absolute atomic E-state index is 12.7. The Bertz CT molecular complexity index is 523. The van der Waals surface area contributed by atoms with E-state index >= 15 is 0 Å². The fourth-order valence-corrected chi connectivity index (χ4v) is 3.72. The predicted molar refractivity (Wildman–Crippen MR) is 99.3 cm³/mol. The molecule has 0 aromatic heterocycles. The summed E-state index contributed by atoms with van der Waals surface area (Å²) in [6.45, 7) is 8.41. The molecule has 138 valence electrons. The molecule has 2 fully saturated rings. The summed E-state index contributed by atoms with van der Waals surface area (Å²) < 4.78 is 5.37. The Kier molecular flexibility index (Phi) is 6.84.